The van der Waals surface area contributed by atoms with Crippen LogP contribution in [0.4, 0.5) is 5.69 Å². The first-order chi connectivity index (χ1) is 9.99. The Morgan fingerprint density at radius 2 is 2.19 bits per heavy atom. The van der Waals surface area contributed by atoms with E-state index in [0.717, 1.165) is 38.0 Å². The third-order valence-corrected chi connectivity index (χ3v) is 4.12. The number of aryl methyl sites for hydroxylation is 1. The lowest BCUT2D eigenvalue weighted by atomic mass is 9.98. The average Bonchev–Trinajstić information content (AvgIpc) is 2.45. The molecular weight excluding hydrogens is 262 g/mol. The van der Waals surface area contributed by atoms with E-state index in [2.05, 4.69) is 49.2 Å². The van der Waals surface area contributed by atoms with E-state index in [9.17, 15) is 4.79 Å². The van der Waals surface area contributed by atoms with E-state index in [1.165, 1.54) is 11.1 Å². The summed E-state index contributed by atoms with van der Waals surface area (Å²) in [6, 6.07) is 6.80. The van der Waals surface area contributed by atoms with Crippen molar-refractivity contribution in [1.29, 1.82) is 0 Å². The topological polar surface area (TPSA) is 58.4 Å². The van der Waals surface area contributed by atoms with Crippen LogP contribution in [0, 0.1) is 6.92 Å². The summed E-state index contributed by atoms with van der Waals surface area (Å²) in [5.74, 6) is -0.209. The molecule has 1 unspecified atom stereocenters. The van der Waals surface area contributed by atoms with Gasteiger partial charge in [-0.05, 0) is 43.4 Å². The molecule has 3 N–H and O–H groups in total. The van der Waals surface area contributed by atoms with Gasteiger partial charge in [0.1, 0.15) is 6.04 Å². The number of carbonyl (C=O) groups excluding carboxylic acids is 1. The SMILES string of the molecule is Cc1cc(CNC(C)C)ccc1N1CCCCC1C(N)=O. The second-order valence-corrected chi connectivity index (χ2v) is 6.26. The summed E-state index contributed by atoms with van der Waals surface area (Å²) in [5, 5.41) is 3.43. The van der Waals surface area contributed by atoms with Gasteiger partial charge in [-0.25, -0.2) is 0 Å². The van der Waals surface area contributed by atoms with E-state index in [1.54, 1.807) is 0 Å². The van der Waals surface area contributed by atoms with Gasteiger partial charge in [-0.3, -0.25) is 4.79 Å². The molecule has 1 aromatic carbocycles. The molecule has 0 bridgehead atoms. The summed E-state index contributed by atoms with van der Waals surface area (Å²) in [7, 11) is 0. The van der Waals surface area contributed by atoms with E-state index >= 15 is 0 Å². The van der Waals surface area contributed by atoms with Crippen LogP contribution in [0.1, 0.15) is 44.2 Å². The second-order valence-electron chi connectivity index (χ2n) is 6.26. The second kappa shape index (κ2) is 6.94. The molecule has 1 heterocycles. The number of nitrogens with one attached hydrogen (secondary N) is 1. The molecule has 4 heteroatoms. The highest BCUT2D eigenvalue weighted by atomic mass is 16.1. The lowest BCUT2D eigenvalue weighted by Crippen LogP contribution is -2.48. The first-order valence-electron chi connectivity index (χ1n) is 7.88. The van der Waals surface area contributed by atoms with Crippen LogP contribution in [0.25, 0.3) is 0 Å². The molecule has 2 rings (SSSR count). The molecule has 1 fully saturated rings. The van der Waals surface area contributed by atoms with Crippen LogP contribution >= 0.6 is 0 Å². The zero-order valence-corrected chi connectivity index (χ0v) is 13.4. The normalized spacial score (nSPS) is 19.0. The molecule has 1 aliphatic heterocycles. The number of piperidine rings is 1. The van der Waals surface area contributed by atoms with Crippen molar-refractivity contribution in [3.63, 3.8) is 0 Å². The summed E-state index contributed by atoms with van der Waals surface area (Å²) in [5.41, 5.74) is 9.20. The molecule has 0 saturated carbocycles. The van der Waals surface area contributed by atoms with Crippen LogP contribution in [0.2, 0.25) is 0 Å². The molecule has 4 nitrogen and oxygen atoms in total. The fourth-order valence-corrected chi connectivity index (χ4v) is 2.99. The van der Waals surface area contributed by atoms with Gasteiger partial charge in [0.15, 0.2) is 0 Å². The number of carbonyl (C=O) groups is 1. The first kappa shape index (κ1) is 15.8. The fraction of sp³-hybridized carbons (Fsp3) is 0.588. The first-order valence-corrected chi connectivity index (χ1v) is 7.88. The van der Waals surface area contributed by atoms with E-state index in [0.29, 0.717) is 6.04 Å². The smallest absolute Gasteiger partial charge is 0.240 e. The summed E-state index contributed by atoms with van der Waals surface area (Å²) < 4.78 is 0. The summed E-state index contributed by atoms with van der Waals surface area (Å²) in [6.07, 6.45) is 3.07. The van der Waals surface area contributed by atoms with Gasteiger partial charge in [0.25, 0.3) is 0 Å². The molecule has 1 aromatic rings. The summed E-state index contributed by atoms with van der Waals surface area (Å²) in [4.78, 5) is 13.8. The molecule has 1 atom stereocenters. The minimum Gasteiger partial charge on any atom is -0.368 e. The van der Waals surface area contributed by atoms with Gasteiger partial charge < -0.3 is 16.0 Å². The largest absolute Gasteiger partial charge is 0.368 e. The van der Waals surface area contributed by atoms with Gasteiger partial charge in [0, 0.05) is 24.8 Å². The van der Waals surface area contributed by atoms with Gasteiger partial charge in [-0.15, -0.1) is 0 Å². The minimum absolute atomic E-state index is 0.155. The third kappa shape index (κ3) is 3.97. The molecule has 0 spiro atoms. The Balaban J connectivity index is 2.17. The Morgan fingerprint density at radius 1 is 1.43 bits per heavy atom. The van der Waals surface area contributed by atoms with Gasteiger partial charge in [-0.2, -0.15) is 0 Å². The molecular formula is C17H27N3O. The maximum Gasteiger partial charge on any atom is 0.240 e. The van der Waals surface area contributed by atoms with E-state index in [-0.39, 0.29) is 11.9 Å². The molecule has 1 aliphatic rings. The molecule has 116 valence electrons. The van der Waals surface area contributed by atoms with Gasteiger partial charge >= 0.3 is 0 Å². The highest BCUT2D eigenvalue weighted by Gasteiger charge is 2.27. The van der Waals surface area contributed by atoms with Crippen molar-refractivity contribution in [2.45, 2.75) is 58.7 Å². The zero-order valence-electron chi connectivity index (χ0n) is 13.4. The maximum atomic E-state index is 11.7. The maximum absolute atomic E-state index is 11.7. The van der Waals surface area contributed by atoms with Gasteiger partial charge in [0.2, 0.25) is 5.91 Å². The van der Waals surface area contributed by atoms with Crippen molar-refractivity contribution in [2.75, 3.05) is 11.4 Å². The van der Waals surface area contributed by atoms with Gasteiger partial charge in [0.05, 0.1) is 0 Å². The van der Waals surface area contributed by atoms with Crippen LogP contribution in [-0.4, -0.2) is 24.5 Å². The Morgan fingerprint density at radius 3 is 2.81 bits per heavy atom. The predicted molar refractivity (Wildman–Crippen MR) is 87.3 cm³/mol. The van der Waals surface area contributed by atoms with Crippen LogP contribution in [0.15, 0.2) is 18.2 Å². The van der Waals surface area contributed by atoms with Gasteiger partial charge in [-0.1, -0.05) is 26.0 Å². The van der Waals surface area contributed by atoms with Crippen LogP contribution < -0.4 is 16.0 Å². The number of rotatable bonds is 5. The molecule has 0 aliphatic carbocycles. The molecule has 1 saturated heterocycles. The summed E-state index contributed by atoms with van der Waals surface area (Å²) in [6.45, 7) is 8.19. The lowest BCUT2D eigenvalue weighted by Gasteiger charge is -2.36. The Bertz CT molecular complexity index is 499. The highest BCUT2D eigenvalue weighted by Crippen LogP contribution is 2.28. The number of benzene rings is 1. The van der Waals surface area contributed by atoms with Crippen molar-refractivity contribution in [2.24, 2.45) is 5.73 Å². The number of amides is 1. The van der Waals surface area contributed by atoms with Crippen molar-refractivity contribution >= 4 is 11.6 Å². The van der Waals surface area contributed by atoms with Crippen molar-refractivity contribution in [1.82, 2.24) is 5.32 Å². The number of nitrogens with two attached hydrogens (primary N) is 1. The Hall–Kier alpha value is -1.55. The molecule has 0 aromatic heterocycles. The predicted octanol–water partition coefficient (Wildman–Crippen LogP) is 2.34. The molecule has 1 amide bonds. The van der Waals surface area contributed by atoms with E-state index in [1.807, 2.05) is 0 Å². The number of hydrogen-bond acceptors (Lipinski definition) is 3. The average molecular weight is 289 g/mol. The standard InChI is InChI=1S/C17H27N3O/c1-12(2)19-11-14-7-8-15(13(3)10-14)20-9-5-4-6-16(20)17(18)21/h7-8,10,12,16,19H,4-6,9,11H2,1-3H3,(H2,18,21). The number of primary amides is 1. The minimum atomic E-state index is -0.209. The third-order valence-electron chi connectivity index (χ3n) is 4.12. The van der Waals surface area contributed by atoms with E-state index < -0.39 is 0 Å². The number of nitrogens with zero attached hydrogens (tertiary/aromatic N) is 1. The van der Waals surface area contributed by atoms with Crippen LogP contribution in [0.5, 0.6) is 0 Å². The highest BCUT2D eigenvalue weighted by molar-refractivity contribution is 5.84. The Kier molecular flexibility index (Phi) is 5.23. The van der Waals surface area contributed by atoms with Crippen molar-refractivity contribution in [3.8, 4) is 0 Å². The van der Waals surface area contributed by atoms with Crippen molar-refractivity contribution in [3.05, 3.63) is 29.3 Å². The quantitative estimate of drug-likeness (QED) is 0.874. The fourth-order valence-electron chi connectivity index (χ4n) is 2.99. The monoisotopic (exact) mass is 289 g/mol. The van der Waals surface area contributed by atoms with E-state index in [4.69, 9.17) is 5.73 Å². The lowest BCUT2D eigenvalue weighted by molar-refractivity contribution is -0.119. The summed E-state index contributed by atoms with van der Waals surface area (Å²) >= 11 is 0. The molecule has 0 radical (unpaired) electrons. The molecule has 21 heavy (non-hydrogen) atoms. The Labute approximate surface area is 127 Å². The van der Waals surface area contributed by atoms with Crippen molar-refractivity contribution < 1.29 is 4.79 Å². The zero-order chi connectivity index (χ0) is 15.4. The van der Waals surface area contributed by atoms with Crippen LogP contribution in [0.3, 0.4) is 0 Å². The number of hydrogen-bond donors (Lipinski definition) is 2. The number of anilines is 1. The van der Waals surface area contributed by atoms with Crippen LogP contribution in [-0.2, 0) is 11.3 Å².